The second-order valence-corrected chi connectivity index (χ2v) is 4.91. The molecule has 5 nitrogen and oxygen atoms in total. The van der Waals surface area contributed by atoms with E-state index in [1.54, 1.807) is 10.7 Å². The van der Waals surface area contributed by atoms with Crippen molar-refractivity contribution in [2.24, 2.45) is 0 Å². The van der Waals surface area contributed by atoms with Crippen LogP contribution in [0.15, 0.2) is 24.4 Å². The lowest BCUT2D eigenvalue weighted by Gasteiger charge is -2.08. The summed E-state index contributed by atoms with van der Waals surface area (Å²) >= 11 is 0. The van der Waals surface area contributed by atoms with Crippen molar-refractivity contribution in [2.75, 3.05) is 13.2 Å². The molecule has 114 valence electrons. The van der Waals surface area contributed by atoms with Crippen molar-refractivity contribution in [1.29, 1.82) is 0 Å². The molecule has 1 heterocycles. The molecule has 0 saturated carbocycles. The van der Waals surface area contributed by atoms with Crippen LogP contribution in [-0.2, 0) is 13.1 Å². The summed E-state index contributed by atoms with van der Waals surface area (Å²) in [5.74, 6) is 0.446. The Kier molecular flexibility index (Phi) is 5.68. The molecule has 0 aliphatic rings. The van der Waals surface area contributed by atoms with E-state index < -0.39 is 0 Å². The fourth-order valence-corrected chi connectivity index (χ4v) is 1.95. The van der Waals surface area contributed by atoms with E-state index in [-0.39, 0.29) is 5.82 Å². The van der Waals surface area contributed by atoms with Crippen molar-refractivity contribution in [3.63, 3.8) is 0 Å². The average Bonchev–Trinajstić information content (AvgIpc) is 2.89. The first-order valence-corrected chi connectivity index (χ1v) is 7.17. The Morgan fingerprint density at radius 3 is 3.00 bits per heavy atom. The minimum atomic E-state index is -0.250. The van der Waals surface area contributed by atoms with E-state index >= 15 is 0 Å². The average molecular weight is 292 g/mol. The summed E-state index contributed by atoms with van der Waals surface area (Å²) in [5.41, 5.74) is 1.71. The lowest BCUT2D eigenvalue weighted by atomic mass is 10.2. The Balaban J connectivity index is 1.78. The lowest BCUT2D eigenvalue weighted by Crippen LogP contribution is -2.14. The fraction of sp³-hybridized carbons (Fsp3) is 0.467. The zero-order chi connectivity index (χ0) is 15.1. The van der Waals surface area contributed by atoms with E-state index in [0.717, 1.165) is 30.8 Å². The lowest BCUT2D eigenvalue weighted by molar-refractivity contribution is 0.287. The number of aromatic nitrogens is 3. The van der Waals surface area contributed by atoms with Crippen molar-refractivity contribution in [3.05, 3.63) is 41.5 Å². The van der Waals surface area contributed by atoms with Crippen molar-refractivity contribution in [2.45, 2.75) is 33.4 Å². The molecule has 0 aliphatic heterocycles. The number of ether oxygens (including phenoxy) is 1. The van der Waals surface area contributed by atoms with Crippen LogP contribution in [0.5, 0.6) is 5.75 Å². The molecule has 0 saturated heterocycles. The normalized spacial score (nSPS) is 10.8. The minimum Gasteiger partial charge on any atom is -0.491 e. The summed E-state index contributed by atoms with van der Waals surface area (Å²) in [6.45, 7) is 6.73. The molecule has 2 aromatic rings. The maximum absolute atomic E-state index is 13.0. The molecule has 21 heavy (non-hydrogen) atoms. The molecule has 0 fully saturated rings. The van der Waals surface area contributed by atoms with Crippen LogP contribution in [0, 0.1) is 12.7 Å². The Labute approximate surface area is 124 Å². The summed E-state index contributed by atoms with van der Waals surface area (Å²) in [6, 6.07) is 4.50. The third kappa shape index (κ3) is 4.82. The van der Waals surface area contributed by atoms with Gasteiger partial charge in [-0.25, -0.2) is 9.07 Å². The van der Waals surface area contributed by atoms with Crippen LogP contribution < -0.4 is 10.1 Å². The van der Waals surface area contributed by atoms with Gasteiger partial charge in [0.25, 0.3) is 0 Å². The number of benzene rings is 1. The molecule has 0 atom stereocenters. The second-order valence-electron chi connectivity index (χ2n) is 4.91. The first-order chi connectivity index (χ1) is 10.2. The highest BCUT2D eigenvalue weighted by molar-refractivity contribution is 5.32. The monoisotopic (exact) mass is 292 g/mol. The number of aryl methyl sites for hydroxylation is 1. The van der Waals surface area contributed by atoms with E-state index in [2.05, 4.69) is 22.6 Å². The number of rotatable bonds is 8. The van der Waals surface area contributed by atoms with E-state index in [1.165, 1.54) is 12.1 Å². The second kappa shape index (κ2) is 7.73. The van der Waals surface area contributed by atoms with Crippen LogP contribution >= 0.6 is 0 Å². The molecule has 6 heteroatoms. The summed E-state index contributed by atoms with van der Waals surface area (Å²) < 4.78 is 20.4. The first-order valence-electron chi connectivity index (χ1n) is 7.17. The molecule has 0 aliphatic carbocycles. The molecular formula is C15H21FN4O. The maximum Gasteiger partial charge on any atom is 0.123 e. The van der Waals surface area contributed by atoms with E-state index in [1.807, 2.05) is 13.1 Å². The third-order valence-electron chi connectivity index (χ3n) is 3.03. The highest BCUT2D eigenvalue weighted by Gasteiger charge is 2.03. The smallest absolute Gasteiger partial charge is 0.123 e. The Morgan fingerprint density at radius 1 is 1.38 bits per heavy atom. The topological polar surface area (TPSA) is 52.0 Å². The molecule has 2 rings (SSSR count). The molecule has 1 aromatic carbocycles. The van der Waals surface area contributed by atoms with E-state index in [9.17, 15) is 4.39 Å². The van der Waals surface area contributed by atoms with Gasteiger partial charge in [0.15, 0.2) is 0 Å². The summed E-state index contributed by atoms with van der Waals surface area (Å²) in [4.78, 5) is 0. The molecule has 0 spiro atoms. The van der Waals surface area contributed by atoms with Crippen molar-refractivity contribution >= 4 is 0 Å². The highest BCUT2D eigenvalue weighted by atomic mass is 19.1. The van der Waals surface area contributed by atoms with Gasteiger partial charge in [0.1, 0.15) is 18.2 Å². The zero-order valence-electron chi connectivity index (χ0n) is 12.5. The van der Waals surface area contributed by atoms with E-state index in [0.29, 0.717) is 18.9 Å². The van der Waals surface area contributed by atoms with Crippen molar-refractivity contribution in [3.8, 4) is 5.75 Å². The van der Waals surface area contributed by atoms with Gasteiger partial charge in [-0.2, -0.15) is 0 Å². The van der Waals surface area contributed by atoms with Crippen LogP contribution in [0.2, 0.25) is 0 Å². The summed E-state index contributed by atoms with van der Waals surface area (Å²) in [7, 11) is 0. The predicted octanol–water partition coefficient (Wildman–Crippen LogP) is 2.30. The molecule has 1 N–H and O–H groups in total. The fourth-order valence-electron chi connectivity index (χ4n) is 1.95. The molecule has 0 amide bonds. The van der Waals surface area contributed by atoms with Crippen LogP contribution in [-0.4, -0.2) is 28.1 Å². The van der Waals surface area contributed by atoms with Crippen molar-refractivity contribution < 1.29 is 9.13 Å². The van der Waals surface area contributed by atoms with Gasteiger partial charge in [0, 0.05) is 12.7 Å². The number of nitrogens with zero attached hydrogens (tertiary/aromatic N) is 3. The molecule has 0 unspecified atom stereocenters. The van der Waals surface area contributed by atoms with Gasteiger partial charge in [0.2, 0.25) is 0 Å². The van der Waals surface area contributed by atoms with Gasteiger partial charge in [0.05, 0.1) is 12.2 Å². The quantitative estimate of drug-likeness (QED) is 0.759. The molecule has 0 radical (unpaired) electrons. The number of hydrogen-bond acceptors (Lipinski definition) is 4. The van der Waals surface area contributed by atoms with Crippen LogP contribution in [0.1, 0.15) is 24.6 Å². The van der Waals surface area contributed by atoms with Crippen LogP contribution in [0.4, 0.5) is 4.39 Å². The van der Waals surface area contributed by atoms with Crippen LogP contribution in [0.25, 0.3) is 0 Å². The minimum absolute atomic E-state index is 0.250. The number of hydrogen-bond donors (Lipinski definition) is 1. The number of nitrogens with one attached hydrogen (secondary N) is 1. The number of halogens is 1. The maximum atomic E-state index is 13.0. The Morgan fingerprint density at radius 2 is 2.24 bits per heavy atom. The molecular weight excluding hydrogens is 271 g/mol. The van der Waals surface area contributed by atoms with Gasteiger partial charge in [-0.15, -0.1) is 5.10 Å². The van der Waals surface area contributed by atoms with Gasteiger partial charge in [-0.05, 0) is 43.7 Å². The predicted molar refractivity (Wildman–Crippen MR) is 78.7 cm³/mol. The Hall–Kier alpha value is -1.95. The van der Waals surface area contributed by atoms with E-state index in [4.69, 9.17) is 4.74 Å². The SMILES string of the molecule is CCCNCc1cn(CCOc2ccc(F)cc2C)nn1. The summed E-state index contributed by atoms with van der Waals surface area (Å²) in [6.07, 6.45) is 3.00. The standard InChI is InChI=1S/C15H21FN4O/c1-3-6-17-10-14-11-20(19-18-14)7-8-21-15-5-4-13(16)9-12(15)2/h4-5,9,11,17H,3,6-8,10H2,1-2H3. The van der Waals surface area contributed by atoms with Crippen molar-refractivity contribution in [1.82, 2.24) is 20.3 Å². The third-order valence-corrected chi connectivity index (χ3v) is 3.03. The zero-order valence-corrected chi connectivity index (χ0v) is 12.5. The van der Waals surface area contributed by atoms with Crippen LogP contribution in [0.3, 0.4) is 0 Å². The van der Waals surface area contributed by atoms with Gasteiger partial charge >= 0.3 is 0 Å². The van der Waals surface area contributed by atoms with Gasteiger partial charge < -0.3 is 10.1 Å². The highest BCUT2D eigenvalue weighted by Crippen LogP contribution is 2.18. The Bertz CT molecular complexity index is 571. The first kappa shape index (κ1) is 15.4. The van der Waals surface area contributed by atoms with Gasteiger partial charge in [-0.1, -0.05) is 12.1 Å². The summed E-state index contributed by atoms with van der Waals surface area (Å²) in [5, 5.41) is 11.4. The largest absolute Gasteiger partial charge is 0.491 e. The molecule has 1 aromatic heterocycles. The molecule has 0 bridgehead atoms. The van der Waals surface area contributed by atoms with Gasteiger partial charge in [-0.3, -0.25) is 0 Å².